The summed E-state index contributed by atoms with van der Waals surface area (Å²) in [5.41, 5.74) is 1.14. The molecule has 0 bridgehead atoms. The Balaban J connectivity index is 1.59. The Morgan fingerprint density at radius 1 is 1.21 bits per heavy atom. The number of halogens is 2. The number of aldehydes is 1. The first-order valence-electron chi connectivity index (χ1n) is 12.3. The van der Waals surface area contributed by atoms with Crippen LogP contribution in [0.25, 0.3) is 0 Å². The van der Waals surface area contributed by atoms with Crippen molar-refractivity contribution in [1.29, 1.82) is 0 Å². The fourth-order valence-electron chi connectivity index (χ4n) is 4.38. The highest BCUT2D eigenvalue weighted by Gasteiger charge is 2.43. The maximum absolute atomic E-state index is 14.0. The first-order chi connectivity index (χ1) is 18.3. The third kappa shape index (κ3) is 6.08. The summed E-state index contributed by atoms with van der Waals surface area (Å²) in [5, 5.41) is 2.59. The van der Waals surface area contributed by atoms with Crippen molar-refractivity contribution in [2.24, 2.45) is 0 Å². The van der Waals surface area contributed by atoms with E-state index in [9.17, 15) is 23.2 Å². The SMILES string of the molecule is CC(=CN1CC2OCCC(C)N2C(=O)C1=C(C=O)OCc1ccccc1)C(=O)NCc1ccc(F)cc1F. The van der Waals surface area contributed by atoms with Crippen LogP contribution in [0.4, 0.5) is 8.78 Å². The minimum absolute atomic E-state index is 0.00117. The van der Waals surface area contributed by atoms with Gasteiger partial charge in [0.05, 0.1) is 13.2 Å². The van der Waals surface area contributed by atoms with Crippen LogP contribution in [-0.2, 0) is 37.0 Å². The number of carbonyl (C=O) groups excluding carboxylic acids is 3. The van der Waals surface area contributed by atoms with Gasteiger partial charge in [0.15, 0.2) is 24.0 Å². The molecular formula is C28H29F2N3O5. The van der Waals surface area contributed by atoms with E-state index in [1.807, 2.05) is 37.3 Å². The molecule has 2 aliphatic heterocycles. The van der Waals surface area contributed by atoms with Crippen LogP contribution in [0.3, 0.4) is 0 Å². The molecule has 0 radical (unpaired) electrons. The summed E-state index contributed by atoms with van der Waals surface area (Å²) in [6.07, 6.45) is 2.00. The van der Waals surface area contributed by atoms with Crippen LogP contribution in [0.2, 0.25) is 0 Å². The van der Waals surface area contributed by atoms with Gasteiger partial charge < -0.3 is 24.6 Å². The molecule has 2 unspecified atom stereocenters. The molecule has 2 heterocycles. The van der Waals surface area contributed by atoms with Crippen molar-refractivity contribution in [3.63, 3.8) is 0 Å². The van der Waals surface area contributed by atoms with E-state index in [4.69, 9.17) is 9.47 Å². The van der Waals surface area contributed by atoms with Crippen LogP contribution in [0, 0.1) is 11.6 Å². The largest absolute Gasteiger partial charge is 0.483 e. The van der Waals surface area contributed by atoms with E-state index in [0.717, 1.165) is 17.7 Å². The Morgan fingerprint density at radius 3 is 2.68 bits per heavy atom. The van der Waals surface area contributed by atoms with E-state index in [0.29, 0.717) is 19.3 Å². The van der Waals surface area contributed by atoms with E-state index in [2.05, 4.69) is 5.32 Å². The summed E-state index contributed by atoms with van der Waals surface area (Å²) in [4.78, 5) is 41.6. The van der Waals surface area contributed by atoms with Crippen molar-refractivity contribution in [3.8, 4) is 0 Å². The molecule has 38 heavy (non-hydrogen) atoms. The molecule has 2 aromatic rings. The lowest BCUT2D eigenvalue weighted by Crippen LogP contribution is -2.60. The quantitative estimate of drug-likeness (QED) is 0.323. The molecule has 0 aliphatic carbocycles. The van der Waals surface area contributed by atoms with E-state index in [1.165, 1.54) is 24.1 Å². The minimum Gasteiger partial charge on any atom is -0.483 e. The first kappa shape index (κ1) is 27.0. The highest BCUT2D eigenvalue weighted by molar-refractivity contribution is 5.99. The second-order valence-corrected chi connectivity index (χ2v) is 9.16. The van der Waals surface area contributed by atoms with Crippen molar-refractivity contribution < 1.29 is 32.6 Å². The second-order valence-electron chi connectivity index (χ2n) is 9.16. The number of fused-ring (bicyclic) bond motifs is 1. The number of piperazine rings is 1. The third-order valence-corrected chi connectivity index (χ3v) is 6.45. The van der Waals surface area contributed by atoms with Gasteiger partial charge in [0.2, 0.25) is 5.91 Å². The maximum Gasteiger partial charge on any atom is 0.276 e. The average Bonchev–Trinajstić information content (AvgIpc) is 2.90. The van der Waals surface area contributed by atoms with Gasteiger partial charge in [0.25, 0.3) is 5.91 Å². The number of nitrogens with zero attached hydrogens (tertiary/aromatic N) is 2. The third-order valence-electron chi connectivity index (χ3n) is 6.45. The number of carbonyl (C=O) groups is 3. The Labute approximate surface area is 219 Å². The van der Waals surface area contributed by atoms with Crippen molar-refractivity contribution in [1.82, 2.24) is 15.1 Å². The van der Waals surface area contributed by atoms with Gasteiger partial charge in [-0.2, -0.15) is 0 Å². The fourth-order valence-corrected chi connectivity index (χ4v) is 4.38. The lowest BCUT2D eigenvalue weighted by Gasteiger charge is -2.47. The Kier molecular flexibility index (Phi) is 8.52. The molecule has 0 aromatic heterocycles. The predicted molar refractivity (Wildman–Crippen MR) is 134 cm³/mol. The summed E-state index contributed by atoms with van der Waals surface area (Å²) < 4.78 is 38.7. The standard InChI is InChI=1S/C28H29F2N3O5/c1-18(27(35)31-13-21-8-9-22(29)12-23(21)30)14-32-15-25-33(19(2)10-11-37-25)28(36)26(32)24(16-34)38-17-20-6-4-3-5-7-20/h3-9,12,14,16,19,25H,10-11,13,15,17H2,1-2H3,(H,31,35). The van der Waals surface area contributed by atoms with Gasteiger partial charge in [0, 0.05) is 36.0 Å². The Morgan fingerprint density at radius 2 is 1.97 bits per heavy atom. The molecule has 2 saturated heterocycles. The van der Waals surface area contributed by atoms with Crippen LogP contribution in [-0.4, -0.2) is 53.3 Å². The molecule has 200 valence electrons. The molecule has 2 amide bonds. The molecule has 0 saturated carbocycles. The molecule has 2 aliphatic rings. The summed E-state index contributed by atoms with van der Waals surface area (Å²) in [6, 6.07) is 12.2. The van der Waals surface area contributed by atoms with Gasteiger partial charge in [-0.3, -0.25) is 14.4 Å². The average molecular weight is 526 g/mol. The van der Waals surface area contributed by atoms with Gasteiger partial charge in [-0.15, -0.1) is 0 Å². The predicted octanol–water partition coefficient (Wildman–Crippen LogP) is 3.39. The molecule has 2 fully saturated rings. The molecule has 1 N–H and O–H groups in total. The van der Waals surface area contributed by atoms with Gasteiger partial charge in [0.1, 0.15) is 18.2 Å². The minimum atomic E-state index is -0.770. The van der Waals surface area contributed by atoms with Gasteiger partial charge in [-0.25, -0.2) is 8.78 Å². The number of ether oxygens (including phenoxy) is 2. The zero-order chi connectivity index (χ0) is 27.2. The first-order valence-corrected chi connectivity index (χ1v) is 12.3. The van der Waals surface area contributed by atoms with Crippen LogP contribution >= 0.6 is 0 Å². The van der Waals surface area contributed by atoms with Crippen LogP contribution in [0.1, 0.15) is 31.4 Å². The monoisotopic (exact) mass is 525 g/mol. The lowest BCUT2D eigenvalue weighted by atomic mass is 10.1. The van der Waals surface area contributed by atoms with E-state index < -0.39 is 29.7 Å². The summed E-state index contributed by atoms with van der Waals surface area (Å²) in [7, 11) is 0. The molecular weight excluding hydrogens is 496 g/mol. The molecule has 10 heteroatoms. The molecule has 0 spiro atoms. The van der Waals surface area contributed by atoms with Crippen molar-refractivity contribution in [3.05, 3.63) is 94.5 Å². The number of nitrogens with one attached hydrogen (secondary N) is 1. The van der Waals surface area contributed by atoms with Crippen LogP contribution in [0.15, 0.2) is 71.8 Å². The van der Waals surface area contributed by atoms with Gasteiger partial charge in [-0.05, 0) is 31.9 Å². The highest BCUT2D eigenvalue weighted by atomic mass is 19.1. The zero-order valence-electron chi connectivity index (χ0n) is 21.2. The Bertz CT molecular complexity index is 1260. The molecule has 2 atom stereocenters. The van der Waals surface area contributed by atoms with E-state index in [1.54, 1.807) is 4.90 Å². The Hall–Kier alpha value is -4.05. The topological polar surface area (TPSA) is 88.2 Å². The smallest absolute Gasteiger partial charge is 0.276 e. The lowest BCUT2D eigenvalue weighted by molar-refractivity contribution is -0.170. The molecule has 4 rings (SSSR count). The van der Waals surface area contributed by atoms with Crippen LogP contribution in [0.5, 0.6) is 0 Å². The van der Waals surface area contributed by atoms with Crippen LogP contribution < -0.4 is 5.32 Å². The summed E-state index contributed by atoms with van der Waals surface area (Å²) in [6.45, 7) is 4.00. The molecule has 8 nitrogen and oxygen atoms in total. The number of rotatable bonds is 8. The maximum atomic E-state index is 14.0. The second kappa shape index (κ2) is 12.0. The van der Waals surface area contributed by atoms with Gasteiger partial charge >= 0.3 is 0 Å². The van der Waals surface area contributed by atoms with Crippen molar-refractivity contribution in [2.45, 2.75) is 45.7 Å². The summed E-state index contributed by atoms with van der Waals surface area (Å²) >= 11 is 0. The number of allylic oxidation sites excluding steroid dienone is 1. The van der Waals surface area contributed by atoms with Crippen molar-refractivity contribution >= 4 is 18.1 Å². The highest BCUT2D eigenvalue weighted by Crippen LogP contribution is 2.30. The van der Waals surface area contributed by atoms with E-state index >= 15 is 0 Å². The normalized spacial score (nSPS) is 21.1. The number of amides is 2. The zero-order valence-corrected chi connectivity index (χ0v) is 21.2. The van der Waals surface area contributed by atoms with Crippen molar-refractivity contribution in [2.75, 3.05) is 13.2 Å². The van der Waals surface area contributed by atoms with E-state index in [-0.39, 0.29) is 48.3 Å². The number of hydrogen-bond acceptors (Lipinski definition) is 6. The number of benzene rings is 2. The number of hydrogen-bond donors (Lipinski definition) is 1. The fraction of sp³-hybridized carbons (Fsp3) is 0.321. The summed E-state index contributed by atoms with van der Waals surface area (Å²) in [5.74, 6) is -2.61. The van der Waals surface area contributed by atoms with Gasteiger partial charge in [-0.1, -0.05) is 36.4 Å². The molecule has 2 aromatic carbocycles.